The molecule has 0 aromatic carbocycles. The van der Waals surface area contributed by atoms with Crippen LogP contribution in [-0.4, -0.2) is 0 Å². The molecule has 0 spiro atoms. The van der Waals surface area contributed by atoms with Gasteiger partial charge in [0.15, 0.2) is 0 Å². The quantitative estimate of drug-likeness (QED) is 0.362. The minimum atomic E-state index is 0.765. The second-order valence-electron chi connectivity index (χ2n) is 12.9. The Bertz CT molecular complexity index is 780. The molecule has 7 fully saturated rings. The highest BCUT2D eigenvalue weighted by atomic mass is 14.5. The van der Waals surface area contributed by atoms with Crippen LogP contribution in [0.2, 0.25) is 0 Å². The maximum absolute atomic E-state index is 4.16. The lowest BCUT2D eigenvalue weighted by Gasteiger charge is -2.48. The van der Waals surface area contributed by atoms with Crippen LogP contribution in [0.5, 0.6) is 0 Å². The first kappa shape index (κ1) is 21.7. The Hall–Kier alpha value is -0.780. The van der Waals surface area contributed by atoms with Gasteiger partial charge < -0.3 is 0 Å². The molecule has 0 N–H and O–H groups in total. The summed E-state index contributed by atoms with van der Waals surface area (Å²) >= 11 is 0. The van der Waals surface area contributed by atoms with Crippen LogP contribution in [0.15, 0.2) is 34.9 Å². The molecule has 0 nitrogen and oxygen atoms in total. The molecule has 32 heavy (non-hydrogen) atoms. The average molecular weight is 433 g/mol. The van der Waals surface area contributed by atoms with Gasteiger partial charge in [-0.2, -0.15) is 0 Å². The lowest BCUT2D eigenvalue weighted by Crippen LogP contribution is -2.38. The molecule has 2 bridgehead atoms. The number of hydrogen-bond acceptors (Lipinski definition) is 0. The van der Waals surface area contributed by atoms with E-state index in [4.69, 9.17) is 0 Å². The van der Waals surface area contributed by atoms with Crippen molar-refractivity contribution in [3.05, 3.63) is 34.9 Å². The number of fused-ring (bicyclic) bond motifs is 5. The van der Waals surface area contributed by atoms with Crippen LogP contribution in [-0.2, 0) is 0 Å². The molecular formula is C32H48. The van der Waals surface area contributed by atoms with Gasteiger partial charge in [-0.3, -0.25) is 0 Å². The van der Waals surface area contributed by atoms with E-state index in [1.807, 2.05) is 16.7 Å². The van der Waals surface area contributed by atoms with Gasteiger partial charge in [-0.15, -0.1) is 6.58 Å². The Labute approximate surface area is 198 Å². The van der Waals surface area contributed by atoms with Crippen LogP contribution in [0.1, 0.15) is 116 Å². The molecule has 0 radical (unpaired) electrons. The van der Waals surface area contributed by atoms with Gasteiger partial charge in [-0.1, -0.05) is 67.4 Å². The van der Waals surface area contributed by atoms with E-state index >= 15 is 0 Å². The van der Waals surface area contributed by atoms with Crippen LogP contribution < -0.4 is 0 Å². The fourth-order valence-corrected chi connectivity index (χ4v) is 10.2. The second-order valence-corrected chi connectivity index (χ2v) is 12.9. The molecular weight excluding hydrogens is 384 g/mol. The molecule has 7 saturated carbocycles. The molecule has 0 saturated heterocycles. The summed E-state index contributed by atoms with van der Waals surface area (Å²) in [4.78, 5) is 0. The summed E-state index contributed by atoms with van der Waals surface area (Å²) in [7, 11) is 0. The van der Waals surface area contributed by atoms with Gasteiger partial charge in [0.05, 0.1) is 0 Å². The molecule has 0 aromatic heterocycles. The third kappa shape index (κ3) is 3.71. The van der Waals surface area contributed by atoms with Crippen molar-refractivity contribution < 1.29 is 0 Å². The van der Waals surface area contributed by atoms with E-state index in [1.165, 1.54) is 96.3 Å². The predicted octanol–water partition coefficient (Wildman–Crippen LogP) is 9.43. The van der Waals surface area contributed by atoms with Gasteiger partial charge in [0.25, 0.3) is 0 Å². The van der Waals surface area contributed by atoms with Crippen molar-refractivity contribution in [3.63, 3.8) is 0 Å². The Balaban J connectivity index is 1.42. The zero-order chi connectivity index (χ0) is 21.7. The summed E-state index contributed by atoms with van der Waals surface area (Å²) in [6.45, 7) is 6.76. The van der Waals surface area contributed by atoms with Crippen molar-refractivity contribution in [1.29, 1.82) is 0 Å². The van der Waals surface area contributed by atoms with Crippen LogP contribution >= 0.6 is 0 Å². The van der Waals surface area contributed by atoms with E-state index < -0.39 is 0 Å². The van der Waals surface area contributed by atoms with Gasteiger partial charge >= 0.3 is 0 Å². The van der Waals surface area contributed by atoms with E-state index in [9.17, 15) is 0 Å². The van der Waals surface area contributed by atoms with Crippen molar-refractivity contribution in [2.45, 2.75) is 116 Å². The van der Waals surface area contributed by atoms with E-state index in [-0.39, 0.29) is 0 Å². The molecule has 7 rings (SSSR count). The maximum atomic E-state index is 4.16. The van der Waals surface area contributed by atoms with Gasteiger partial charge in [0, 0.05) is 0 Å². The summed E-state index contributed by atoms with van der Waals surface area (Å²) in [5.74, 6) is 7.67. The molecule has 7 aliphatic rings. The lowest BCUT2D eigenvalue weighted by molar-refractivity contribution is 0.105. The molecule has 8 atom stereocenters. The smallest absolute Gasteiger partial charge is 0.0169 e. The minimum absolute atomic E-state index is 0.765. The van der Waals surface area contributed by atoms with Crippen molar-refractivity contribution >= 4 is 0 Å². The van der Waals surface area contributed by atoms with Crippen LogP contribution in [0.3, 0.4) is 0 Å². The van der Waals surface area contributed by atoms with E-state index in [2.05, 4.69) is 25.2 Å². The van der Waals surface area contributed by atoms with Crippen molar-refractivity contribution in [2.75, 3.05) is 0 Å². The van der Waals surface area contributed by atoms with Gasteiger partial charge in [0.1, 0.15) is 0 Å². The highest BCUT2D eigenvalue weighted by Gasteiger charge is 2.47. The Morgan fingerprint density at radius 1 is 0.594 bits per heavy atom. The summed E-state index contributed by atoms with van der Waals surface area (Å²) in [6, 6.07) is 0. The minimum Gasteiger partial charge on any atom is -0.103 e. The van der Waals surface area contributed by atoms with Gasteiger partial charge in [-0.25, -0.2) is 0 Å². The topological polar surface area (TPSA) is 0 Å². The Kier molecular flexibility index (Phi) is 6.19. The van der Waals surface area contributed by atoms with Crippen LogP contribution in [0, 0.1) is 47.3 Å². The zero-order valence-corrected chi connectivity index (χ0v) is 20.9. The highest BCUT2D eigenvalue weighted by Crippen LogP contribution is 2.59. The highest BCUT2D eigenvalue weighted by molar-refractivity contribution is 5.33. The van der Waals surface area contributed by atoms with Gasteiger partial charge in [-0.05, 0) is 124 Å². The summed E-state index contributed by atoms with van der Waals surface area (Å²) in [6.07, 6.45) is 27.4. The average Bonchev–Trinajstić information content (AvgIpc) is 3.31. The third-order valence-corrected chi connectivity index (χ3v) is 11.6. The maximum Gasteiger partial charge on any atom is -0.0169 e. The number of rotatable bonds is 1. The normalized spacial score (nSPS) is 49.2. The Morgan fingerprint density at radius 2 is 1.22 bits per heavy atom. The predicted molar refractivity (Wildman–Crippen MR) is 136 cm³/mol. The first-order valence-electron chi connectivity index (χ1n) is 14.8. The number of hydrogen-bond donors (Lipinski definition) is 0. The van der Waals surface area contributed by atoms with Crippen molar-refractivity contribution in [1.82, 2.24) is 0 Å². The van der Waals surface area contributed by atoms with E-state index in [1.54, 1.807) is 12.8 Å². The van der Waals surface area contributed by atoms with E-state index in [0.29, 0.717) is 0 Å². The SMILES string of the molecule is C=CC1CCC(=C2CCC(=C3CC(C)C4CCCCC34)C3CCC2C2CCCCCC32)C1. The monoisotopic (exact) mass is 432 g/mol. The molecule has 0 amide bonds. The van der Waals surface area contributed by atoms with Crippen molar-refractivity contribution in [3.8, 4) is 0 Å². The first-order valence-corrected chi connectivity index (χ1v) is 14.8. The van der Waals surface area contributed by atoms with E-state index in [0.717, 1.165) is 47.3 Å². The zero-order valence-electron chi connectivity index (χ0n) is 20.9. The molecule has 176 valence electrons. The second kappa shape index (κ2) is 9.11. The summed E-state index contributed by atoms with van der Waals surface area (Å²) < 4.78 is 0. The molecule has 7 aliphatic carbocycles. The van der Waals surface area contributed by atoms with Crippen molar-refractivity contribution in [2.24, 2.45) is 47.3 Å². The summed E-state index contributed by atoms with van der Waals surface area (Å²) in [5.41, 5.74) is 7.99. The van der Waals surface area contributed by atoms with Gasteiger partial charge in [0.2, 0.25) is 0 Å². The molecule has 0 heterocycles. The molecule has 0 aromatic rings. The fraction of sp³-hybridized carbons (Fsp3) is 0.812. The Morgan fingerprint density at radius 3 is 1.97 bits per heavy atom. The summed E-state index contributed by atoms with van der Waals surface area (Å²) in [5, 5.41) is 0. The first-order chi connectivity index (χ1) is 15.7. The van der Waals surface area contributed by atoms with Crippen LogP contribution in [0.4, 0.5) is 0 Å². The standard InChI is InChI=1S/C32H48/c1-3-22-13-14-23(20-22)25-15-16-31(32-19-21(2)24-9-7-8-12-26(24)32)30-18-17-29(25)27-10-5-4-6-11-28(27)30/h3,21-22,24,26-30H,1,4-20H2,2H3. The molecule has 8 unspecified atom stereocenters. The lowest BCUT2D eigenvalue weighted by atomic mass is 9.56. The number of allylic oxidation sites excluding steroid dienone is 5. The largest absolute Gasteiger partial charge is 0.103 e. The molecule has 0 heteroatoms. The van der Waals surface area contributed by atoms with Crippen LogP contribution in [0.25, 0.3) is 0 Å². The fourth-order valence-electron chi connectivity index (χ4n) is 10.2. The molecule has 0 aliphatic heterocycles. The third-order valence-electron chi connectivity index (χ3n) is 11.6.